The van der Waals surface area contributed by atoms with Gasteiger partial charge in [-0.2, -0.15) is 0 Å². The molecule has 0 amide bonds. The number of nitrogens with two attached hydrogens (primary N) is 1. The van der Waals surface area contributed by atoms with E-state index in [1.807, 2.05) is 0 Å². The van der Waals surface area contributed by atoms with E-state index in [2.05, 4.69) is 26.0 Å². The molecule has 1 heterocycles. The van der Waals surface area contributed by atoms with E-state index in [9.17, 15) is 4.39 Å². The Bertz CT molecular complexity index is 481. The van der Waals surface area contributed by atoms with Gasteiger partial charge in [0.2, 0.25) is 0 Å². The van der Waals surface area contributed by atoms with Crippen LogP contribution in [0.3, 0.4) is 0 Å². The topological polar surface area (TPSA) is 61.9 Å². The first kappa shape index (κ1) is 14.3. The Kier molecular flexibility index (Phi) is 4.76. The van der Waals surface area contributed by atoms with Crippen LogP contribution in [0.4, 0.5) is 4.39 Å². The average molecular weight is 330 g/mol. The summed E-state index contributed by atoms with van der Waals surface area (Å²) in [7, 11) is 0. The van der Waals surface area contributed by atoms with Crippen molar-refractivity contribution in [1.29, 1.82) is 0 Å². The summed E-state index contributed by atoms with van der Waals surface area (Å²) >= 11 is 3.35. The quantitative estimate of drug-likeness (QED) is 0.388. The second-order valence-electron chi connectivity index (χ2n) is 4.74. The Labute approximate surface area is 120 Å². The van der Waals surface area contributed by atoms with Gasteiger partial charge in [-0.25, -0.2) is 4.39 Å². The fraction of sp³-hybridized carbons (Fsp3) is 0.462. The first-order chi connectivity index (χ1) is 9.11. The number of halogens is 2. The lowest BCUT2D eigenvalue weighted by atomic mass is 10.0. The van der Waals surface area contributed by atoms with Crippen molar-refractivity contribution in [3.8, 4) is 0 Å². The molecule has 1 aliphatic heterocycles. The van der Waals surface area contributed by atoms with Crippen molar-refractivity contribution in [2.24, 2.45) is 10.9 Å². The number of hydrogen-bond acceptors (Lipinski definition) is 3. The van der Waals surface area contributed by atoms with Gasteiger partial charge in [0.25, 0.3) is 0 Å². The third-order valence-corrected chi connectivity index (χ3v) is 3.94. The molecule has 1 aliphatic rings. The first-order valence-corrected chi connectivity index (χ1v) is 7.06. The van der Waals surface area contributed by atoms with Crippen molar-refractivity contribution in [3.63, 3.8) is 0 Å². The number of rotatable bonds is 3. The highest BCUT2D eigenvalue weighted by molar-refractivity contribution is 9.10. The van der Waals surface area contributed by atoms with Crippen molar-refractivity contribution in [2.75, 3.05) is 6.54 Å². The number of hydrogen-bond donors (Lipinski definition) is 2. The minimum absolute atomic E-state index is 0.114. The van der Waals surface area contributed by atoms with E-state index in [0.29, 0.717) is 12.1 Å². The molecule has 3 N–H and O–H groups in total. The highest BCUT2D eigenvalue weighted by Gasteiger charge is 2.26. The maximum Gasteiger partial charge on any atom is 0.156 e. The van der Waals surface area contributed by atoms with Gasteiger partial charge in [-0.3, -0.25) is 4.90 Å². The normalized spacial score (nSPS) is 21.6. The van der Waals surface area contributed by atoms with Crippen LogP contribution >= 0.6 is 15.9 Å². The molecule has 4 nitrogen and oxygen atoms in total. The molecule has 0 bridgehead atoms. The fourth-order valence-corrected chi connectivity index (χ4v) is 2.87. The molecule has 104 valence electrons. The fourth-order valence-electron chi connectivity index (χ4n) is 2.47. The van der Waals surface area contributed by atoms with Gasteiger partial charge in [0.05, 0.1) is 6.04 Å². The zero-order chi connectivity index (χ0) is 13.8. The zero-order valence-electron chi connectivity index (χ0n) is 10.5. The van der Waals surface area contributed by atoms with Crippen LogP contribution in [0, 0.1) is 5.82 Å². The number of nitrogens with zero attached hydrogens (tertiary/aromatic N) is 2. The molecule has 1 aromatic carbocycles. The van der Waals surface area contributed by atoms with Crippen molar-refractivity contribution in [3.05, 3.63) is 34.1 Å². The molecular weight excluding hydrogens is 313 g/mol. The van der Waals surface area contributed by atoms with Crippen LogP contribution in [-0.2, 0) is 6.54 Å². The van der Waals surface area contributed by atoms with E-state index >= 15 is 0 Å². The Morgan fingerprint density at radius 1 is 1.53 bits per heavy atom. The molecule has 0 spiro atoms. The minimum Gasteiger partial charge on any atom is -0.409 e. The van der Waals surface area contributed by atoms with Crippen LogP contribution in [0.5, 0.6) is 0 Å². The van der Waals surface area contributed by atoms with Gasteiger partial charge in [0, 0.05) is 16.6 Å². The van der Waals surface area contributed by atoms with Gasteiger partial charge in [-0.05, 0) is 37.6 Å². The smallest absolute Gasteiger partial charge is 0.156 e. The highest BCUT2D eigenvalue weighted by Crippen LogP contribution is 2.23. The summed E-state index contributed by atoms with van der Waals surface area (Å²) in [5.41, 5.74) is 6.33. The van der Waals surface area contributed by atoms with Crippen LogP contribution in [0.25, 0.3) is 0 Å². The number of oxime groups is 1. The molecule has 1 fully saturated rings. The molecular formula is C13H17BrFN3O. The Morgan fingerprint density at radius 2 is 2.32 bits per heavy atom. The van der Waals surface area contributed by atoms with E-state index in [0.717, 1.165) is 30.3 Å². The highest BCUT2D eigenvalue weighted by atomic mass is 79.9. The standard InChI is InChI=1S/C13H17BrFN3O/c14-10-4-5-11(15)9(7-10)8-18-6-2-1-3-12(18)13(16)17-19/h4-5,7,12,19H,1-3,6,8H2,(H2,16,17). The summed E-state index contributed by atoms with van der Waals surface area (Å²) in [4.78, 5) is 2.06. The molecule has 0 aromatic heterocycles. The number of amidine groups is 1. The van der Waals surface area contributed by atoms with Crippen LogP contribution in [-0.4, -0.2) is 28.5 Å². The maximum atomic E-state index is 13.8. The monoisotopic (exact) mass is 329 g/mol. The Balaban J connectivity index is 2.17. The first-order valence-electron chi connectivity index (χ1n) is 6.27. The SMILES string of the molecule is NC(=NO)C1CCCCN1Cc1cc(Br)ccc1F. The number of likely N-dealkylation sites (tertiary alicyclic amines) is 1. The van der Waals surface area contributed by atoms with Crippen molar-refractivity contribution < 1.29 is 9.60 Å². The van der Waals surface area contributed by atoms with E-state index in [-0.39, 0.29) is 17.7 Å². The van der Waals surface area contributed by atoms with E-state index in [4.69, 9.17) is 10.9 Å². The van der Waals surface area contributed by atoms with E-state index in [1.54, 1.807) is 12.1 Å². The van der Waals surface area contributed by atoms with Gasteiger partial charge < -0.3 is 10.9 Å². The molecule has 1 saturated heterocycles. The molecule has 1 aromatic rings. The van der Waals surface area contributed by atoms with Gasteiger partial charge >= 0.3 is 0 Å². The number of benzene rings is 1. The molecule has 6 heteroatoms. The van der Waals surface area contributed by atoms with Gasteiger partial charge in [-0.15, -0.1) is 0 Å². The van der Waals surface area contributed by atoms with Crippen LogP contribution in [0.1, 0.15) is 24.8 Å². The second kappa shape index (κ2) is 6.34. The number of piperidine rings is 1. The lowest BCUT2D eigenvalue weighted by Crippen LogP contribution is -2.47. The summed E-state index contributed by atoms with van der Waals surface area (Å²) in [6, 6.07) is 4.78. The van der Waals surface area contributed by atoms with Crippen molar-refractivity contribution >= 4 is 21.8 Å². The van der Waals surface area contributed by atoms with Gasteiger partial charge in [0.1, 0.15) is 5.82 Å². The third kappa shape index (κ3) is 3.45. The maximum absolute atomic E-state index is 13.8. The predicted molar refractivity (Wildman–Crippen MR) is 75.6 cm³/mol. The van der Waals surface area contributed by atoms with Crippen molar-refractivity contribution in [2.45, 2.75) is 31.8 Å². The summed E-state index contributed by atoms with van der Waals surface area (Å²) in [5, 5.41) is 11.9. The third-order valence-electron chi connectivity index (χ3n) is 3.45. The summed E-state index contributed by atoms with van der Waals surface area (Å²) in [6.07, 6.45) is 2.93. The van der Waals surface area contributed by atoms with Crippen molar-refractivity contribution in [1.82, 2.24) is 4.90 Å². The lowest BCUT2D eigenvalue weighted by molar-refractivity contribution is 0.176. The minimum atomic E-state index is -0.230. The van der Waals surface area contributed by atoms with Crippen LogP contribution < -0.4 is 5.73 Å². The summed E-state index contributed by atoms with van der Waals surface area (Å²) in [6.45, 7) is 1.29. The van der Waals surface area contributed by atoms with Crippen LogP contribution in [0.2, 0.25) is 0 Å². The molecule has 0 saturated carbocycles. The predicted octanol–water partition coefficient (Wildman–Crippen LogP) is 2.69. The zero-order valence-corrected chi connectivity index (χ0v) is 12.1. The largest absolute Gasteiger partial charge is 0.409 e. The average Bonchev–Trinajstić information content (AvgIpc) is 2.42. The van der Waals surface area contributed by atoms with E-state index < -0.39 is 0 Å². The second-order valence-corrected chi connectivity index (χ2v) is 5.66. The molecule has 19 heavy (non-hydrogen) atoms. The lowest BCUT2D eigenvalue weighted by Gasteiger charge is -2.34. The summed E-state index contributed by atoms with van der Waals surface area (Å²) < 4.78 is 14.6. The summed E-state index contributed by atoms with van der Waals surface area (Å²) in [5.74, 6) is -0.0258. The van der Waals surface area contributed by atoms with Gasteiger partial charge in [-0.1, -0.05) is 27.5 Å². The Morgan fingerprint density at radius 3 is 3.05 bits per heavy atom. The van der Waals surface area contributed by atoms with Gasteiger partial charge in [0.15, 0.2) is 5.84 Å². The van der Waals surface area contributed by atoms with E-state index in [1.165, 1.54) is 6.07 Å². The molecule has 2 rings (SSSR count). The molecule has 1 atom stereocenters. The molecule has 1 unspecified atom stereocenters. The Hall–Kier alpha value is -1.14. The van der Waals surface area contributed by atoms with Crippen LogP contribution in [0.15, 0.2) is 27.8 Å². The molecule has 0 radical (unpaired) electrons. The molecule has 0 aliphatic carbocycles.